The molecule has 1 saturated heterocycles. The van der Waals surface area contributed by atoms with Crippen molar-refractivity contribution >= 4 is 18.4 Å². The highest BCUT2D eigenvalue weighted by molar-refractivity contribution is 7.86. The van der Waals surface area contributed by atoms with Crippen LogP contribution in [0.1, 0.15) is 32.8 Å². The standard InChI is InChI=1S/C18H31NO4SSi/c1-14-7-9-17(10-8-14)24(20,21)22-13-15-11-16(12-19-15)23-25(5,6)18(2,3)4/h7-10,15-16,19H,11-13H2,1-6H3/t15-,16-/m0/s1. The molecule has 0 aliphatic carbocycles. The Morgan fingerprint density at radius 3 is 2.36 bits per heavy atom. The number of rotatable bonds is 6. The molecule has 2 atom stereocenters. The molecule has 1 aliphatic rings. The zero-order valence-corrected chi connectivity index (χ0v) is 17.9. The van der Waals surface area contributed by atoms with Crippen LogP contribution in [0.25, 0.3) is 0 Å². The van der Waals surface area contributed by atoms with E-state index in [0.29, 0.717) is 0 Å². The van der Waals surface area contributed by atoms with E-state index in [2.05, 4.69) is 39.2 Å². The summed E-state index contributed by atoms with van der Waals surface area (Å²) < 4.78 is 36.2. The number of nitrogens with one attached hydrogen (secondary N) is 1. The Balaban J connectivity index is 1.88. The molecule has 142 valence electrons. The van der Waals surface area contributed by atoms with Gasteiger partial charge in [0.25, 0.3) is 10.1 Å². The third kappa shape index (κ3) is 5.37. The van der Waals surface area contributed by atoms with E-state index in [1.807, 2.05) is 6.92 Å². The lowest BCUT2D eigenvalue weighted by molar-refractivity contribution is 0.191. The lowest BCUT2D eigenvalue weighted by atomic mass is 10.2. The predicted octanol–water partition coefficient (Wildman–Crippen LogP) is 3.45. The van der Waals surface area contributed by atoms with E-state index >= 15 is 0 Å². The first-order chi connectivity index (χ1) is 11.4. The van der Waals surface area contributed by atoms with E-state index in [-0.39, 0.29) is 28.7 Å². The molecular formula is C18H31NO4SSi. The summed E-state index contributed by atoms with van der Waals surface area (Å²) in [5.41, 5.74) is 1.02. The van der Waals surface area contributed by atoms with Crippen molar-refractivity contribution in [3.8, 4) is 0 Å². The van der Waals surface area contributed by atoms with Crippen LogP contribution in [-0.4, -0.2) is 42.0 Å². The van der Waals surface area contributed by atoms with Gasteiger partial charge < -0.3 is 9.74 Å². The minimum absolute atomic E-state index is 0.00464. The van der Waals surface area contributed by atoms with Gasteiger partial charge in [-0.05, 0) is 43.6 Å². The van der Waals surface area contributed by atoms with Gasteiger partial charge in [-0.2, -0.15) is 8.42 Å². The number of hydrogen-bond acceptors (Lipinski definition) is 5. The topological polar surface area (TPSA) is 64.6 Å². The van der Waals surface area contributed by atoms with Gasteiger partial charge in [-0.3, -0.25) is 4.18 Å². The van der Waals surface area contributed by atoms with Gasteiger partial charge in [0, 0.05) is 12.6 Å². The van der Waals surface area contributed by atoms with E-state index in [0.717, 1.165) is 18.5 Å². The normalized spacial score (nSPS) is 22.3. The van der Waals surface area contributed by atoms with Crippen LogP contribution in [0.2, 0.25) is 18.1 Å². The first-order valence-electron chi connectivity index (χ1n) is 8.78. The van der Waals surface area contributed by atoms with E-state index < -0.39 is 18.4 Å². The fourth-order valence-corrected chi connectivity index (χ4v) is 4.85. The lowest BCUT2D eigenvalue weighted by Crippen LogP contribution is -2.44. The molecule has 0 bridgehead atoms. The van der Waals surface area contributed by atoms with Gasteiger partial charge in [0.1, 0.15) is 0 Å². The molecule has 1 aromatic rings. The Labute approximate surface area is 153 Å². The zero-order chi connectivity index (χ0) is 18.9. The van der Waals surface area contributed by atoms with E-state index in [9.17, 15) is 8.42 Å². The van der Waals surface area contributed by atoms with Crippen molar-refractivity contribution in [2.45, 2.75) is 69.3 Å². The lowest BCUT2D eigenvalue weighted by Gasteiger charge is -2.38. The monoisotopic (exact) mass is 385 g/mol. The molecule has 1 fully saturated rings. The van der Waals surface area contributed by atoms with Crippen LogP contribution >= 0.6 is 0 Å². The maximum absolute atomic E-state index is 12.3. The fraction of sp³-hybridized carbons (Fsp3) is 0.667. The molecule has 0 spiro atoms. The molecule has 1 aliphatic heterocycles. The van der Waals surface area contributed by atoms with Gasteiger partial charge in [0.2, 0.25) is 0 Å². The summed E-state index contributed by atoms with van der Waals surface area (Å²) in [6.45, 7) is 13.9. The number of benzene rings is 1. The summed E-state index contributed by atoms with van der Waals surface area (Å²) in [5, 5.41) is 3.48. The van der Waals surface area contributed by atoms with Crippen LogP contribution in [-0.2, 0) is 18.7 Å². The van der Waals surface area contributed by atoms with Crippen molar-refractivity contribution in [2.75, 3.05) is 13.2 Å². The predicted molar refractivity (Wildman–Crippen MR) is 103 cm³/mol. The molecule has 1 aromatic carbocycles. The smallest absolute Gasteiger partial charge is 0.297 e. The van der Waals surface area contributed by atoms with Crippen molar-refractivity contribution in [1.29, 1.82) is 0 Å². The molecule has 1 heterocycles. The molecule has 0 saturated carbocycles. The Hall–Kier alpha value is -0.733. The first kappa shape index (κ1) is 20.6. The Morgan fingerprint density at radius 2 is 1.80 bits per heavy atom. The second kappa shape index (κ2) is 7.48. The molecule has 5 nitrogen and oxygen atoms in total. The summed E-state index contributed by atoms with van der Waals surface area (Å²) in [6, 6.07) is 6.70. The maximum Gasteiger partial charge on any atom is 0.297 e. The van der Waals surface area contributed by atoms with Crippen molar-refractivity contribution in [3.05, 3.63) is 29.8 Å². The molecule has 7 heteroatoms. The molecule has 0 unspecified atom stereocenters. The maximum atomic E-state index is 12.3. The highest BCUT2D eigenvalue weighted by Gasteiger charge is 2.40. The van der Waals surface area contributed by atoms with Crippen molar-refractivity contribution in [1.82, 2.24) is 5.32 Å². The number of hydrogen-bond donors (Lipinski definition) is 1. The Morgan fingerprint density at radius 1 is 1.20 bits per heavy atom. The van der Waals surface area contributed by atoms with Crippen LogP contribution in [0.15, 0.2) is 29.2 Å². The summed E-state index contributed by atoms with van der Waals surface area (Å²) in [7, 11) is -5.53. The highest BCUT2D eigenvalue weighted by atomic mass is 32.2. The third-order valence-electron chi connectivity index (χ3n) is 5.18. The zero-order valence-electron chi connectivity index (χ0n) is 16.1. The molecule has 0 radical (unpaired) electrons. The largest absolute Gasteiger partial charge is 0.413 e. The van der Waals surface area contributed by atoms with Gasteiger partial charge in [-0.15, -0.1) is 0 Å². The minimum Gasteiger partial charge on any atom is -0.413 e. The van der Waals surface area contributed by atoms with E-state index in [1.165, 1.54) is 0 Å². The summed E-state index contributed by atoms with van der Waals surface area (Å²) >= 11 is 0. The second-order valence-corrected chi connectivity index (χ2v) is 14.8. The first-order valence-corrected chi connectivity index (χ1v) is 13.1. The fourth-order valence-electron chi connectivity index (χ4n) is 2.54. The van der Waals surface area contributed by atoms with Crippen molar-refractivity contribution < 1.29 is 17.0 Å². The molecule has 0 amide bonds. The van der Waals surface area contributed by atoms with Gasteiger partial charge in [-0.1, -0.05) is 38.5 Å². The molecule has 25 heavy (non-hydrogen) atoms. The Kier molecular flexibility index (Phi) is 6.16. The average Bonchev–Trinajstić information content (AvgIpc) is 2.91. The Bertz CT molecular complexity index is 680. The van der Waals surface area contributed by atoms with Crippen molar-refractivity contribution in [2.24, 2.45) is 0 Å². The third-order valence-corrected chi connectivity index (χ3v) is 11.0. The van der Waals surface area contributed by atoms with Crippen LogP contribution in [0, 0.1) is 6.92 Å². The van der Waals surface area contributed by atoms with Gasteiger partial charge in [0.15, 0.2) is 8.32 Å². The minimum atomic E-state index is -3.71. The second-order valence-electron chi connectivity index (χ2n) is 8.39. The van der Waals surface area contributed by atoms with Crippen molar-refractivity contribution in [3.63, 3.8) is 0 Å². The average molecular weight is 386 g/mol. The van der Waals surface area contributed by atoms with E-state index in [4.69, 9.17) is 8.61 Å². The molecular weight excluding hydrogens is 354 g/mol. The number of aryl methyl sites for hydroxylation is 1. The summed E-state index contributed by atoms with van der Waals surface area (Å²) in [4.78, 5) is 0.199. The van der Waals surface area contributed by atoms with Gasteiger partial charge in [-0.25, -0.2) is 0 Å². The summed E-state index contributed by atoms with van der Waals surface area (Å²) in [6.07, 6.45) is 0.896. The van der Waals surface area contributed by atoms with Crippen LogP contribution < -0.4 is 5.32 Å². The van der Waals surface area contributed by atoms with Crippen LogP contribution in [0.3, 0.4) is 0 Å². The van der Waals surface area contributed by atoms with Gasteiger partial charge >= 0.3 is 0 Å². The van der Waals surface area contributed by atoms with E-state index in [1.54, 1.807) is 24.3 Å². The summed E-state index contributed by atoms with van der Waals surface area (Å²) in [5.74, 6) is 0. The van der Waals surface area contributed by atoms with Crippen LogP contribution in [0.5, 0.6) is 0 Å². The molecule has 0 aromatic heterocycles. The molecule has 1 N–H and O–H groups in total. The quantitative estimate of drug-likeness (QED) is 0.600. The van der Waals surface area contributed by atoms with Crippen LogP contribution in [0.4, 0.5) is 0 Å². The van der Waals surface area contributed by atoms with Gasteiger partial charge in [0.05, 0.1) is 17.6 Å². The highest BCUT2D eigenvalue weighted by Crippen LogP contribution is 2.38. The molecule has 2 rings (SSSR count). The SMILES string of the molecule is Cc1ccc(S(=O)(=O)OC[C@@H]2C[C@H](O[Si](C)(C)C(C)(C)C)CN2)cc1.